The number of hydrogen-bond donors (Lipinski definition) is 2. The number of carbonyl (C=O) groups excluding carboxylic acids is 1. The summed E-state index contributed by atoms with van der Waals surface area (Å²) in [4.78, 5) is 23.6. The maximum Gasteiger partial charge on any atom is 0.222 e. The van der Waals surface area contributed by atoms with Crippen molar-refractivity contribution in [2.45, 2.75) is 46.1 Å². The predicted molar refractivity (Wildman–Crippen MR) is 119 cm³/mol. The quantitative estimate of drug-likeness (QED) is 0.397. The molecule has 0 bridgehead atoms. The Morgan fingerprint density at radius 1 is 1.28 bits per heavy atom. The minimum absolute atomic E-state index is 0.228. The summed E-state index contributed by atoms with van der Waals surface area (Å²) in [6.07, 6.45) is 3.14. The van der Waals surface area contributed by atoms with Crippen molar-refractivity contribution < 1.29 is 4.79 Å². The van der Waals surface area contributed by atoms with Crippen LogP contribution in [0.5, 0.6) is 0 Å². The Bertz CT molecular complexity index is 832. The zero-order valence-electron chi connectivity index (χ0n) is 17.4. The highest BCUT2D eigenvalue weighted by Gasteiger charge is 2.19. The molecule has 0 spiro atoms. The van der Waals surface area contributed by atoms with Gasteiger partial charge in [-0.1, -0.05) is 24.3 Å². The van der Waals surface area contributed by atoms with E-state index in [1.807, 2.05) is 17.9 Å². The van der Waals surface area contributed by atoms with Gasteiger partial charge in [0.2, 0.25) is 5.91 Å². The van der Waals surface area contributed by atoms with Gasteiger partial charge >= 0.3 is 0 Å². The first-order valence-electron chi connectivity index (χ1n) is 10.4. The molecule has 1 aromatic carbocycles. The second-order valence-corrected chi connectivity index (χ2v) is 8.30. The van der Waals surface area contributed by atoms with Gasteiger partial charge in [0.25, 0.3) is 0 Å². The molecule has 1 aliphatic heterocycles. The van der Waals surface area contributed by atoms with E-state index in [0.717, 1.165) is 62.1 Å². The van der Waals surface area contributed by atoms with Gasteiger partial charge in [0.15, 0.2) is 5.96 Å². The Morgan fingerprint density at radius 2 is 2.10 bits per heavy atom. The zero-order chi connectivity index (χ0) is 20.5. The predicted octanol–water partition coefficient (Wildman–Crippen LogP) is 2.91. The Hall–Kier alpha value is -2.41. The first kappa shape index (κ1) is 21.3. The topological polar surface area (TPSA) is 69.6 Å². The Kier molecular flexibility index (Phi) is 8.04. The number of rotatable bonds is 8. The van der Waals surface area contributed by atoms with Crippen molar-refractivity contribution in [2.24, 2.45) is 4.99 Å². The smallest absolute Gasteiger partial charge is 0.222 e. The number of benzene rings is 1. The van der Waals surface area contributed by atoms with Gasteiger partial charge in [-0.25, -0.2) is 4.98 Å². The van der Waals surface area contributed by atoms with Crippen LogP contribution in [0.2, 0.25) is 0 Å². The first-order chi connectivity index (χ1) is 14.2. The third-order valence-electron chi connectivity index (χ3n) is 4.99. The van der Waals surface area contributed by atoms with Gasteiger partial charge in [0.05, 0.1) is 10.7 Å². The summed E-state index contributed by atoms with van der Waals surface area (Å²) in [7, 11) is 0. The van der Waals surface area contributed by atoms with Crippen molar-refractivity contribution in [1.29, 1.82) is 0 Å². The number of thiazole rings is 1. The summed E-state index contributed by atoms with van der Waals surface area (Å²) in [5.74, 6) is 1.03. The maximum atomic E-state index is 12.5. The van der Waals surface area contributed by atoms with Crippen LogP contribution in [0.3, 0.4) is 0 Å². The number of hydrogen-bond acceptors (Lipinski definition) is 4. The van der Waals surface area contributed by atoms with Gasteiger partial charge in [-0.05, 0) is 37.8 Å². The van der Waals surface area contributed by atoms with Crippen molar-refractivity contribution in [3.63, 3.8) is 0 Å². The lowest BCUT2D eigenvalue weighted by atomic mass is 9.99. The van der Waals surface area contributed by atoms with E-state index in [-0.39, 0.29) is 5.91 Å². The van der Waals surface area contributed by atoms with Crippen molar-refractivity contribution >= 4 is 23.2 Å². The summed E-state index contributed by atoms with van der Waals surface area (Å²) in [5, 5.41) is 9.81. The lowest BCUT2D eigenvalue weighted by molar-refractivity contribution is -0.132. The number of guanidine groups is 1. The molecule has 1 amide bonds. The van der Waals surface area contributed by atoms with Gasteiger partial charge in [0, 0.05) is 50.9 Å². The van der Waals surface area contributed by atoms with Gasteiger partial charge in [0.1, 0.15) is 0 Å². The summed E-state index contributed by atoms with van der Waals surface area (Å²) in [5.41, 5.74) is 3.76. The molecule has 3 rings (SSSR count). The molecule has 0 saturated carbocycles. The van der Waals surface area contributed by atoms with E-state index in [0.29, 0.717) is 13.0 Å². The lowest BCUT2D eigenvalue weighted by Crippen LogP contribution is -2.38. The van der Waals surface area contributed by atoms with Crippen LogP contribution in [0, 0.1) is 6.92 Å². The summed E-state index contributed by atoms with van der Waals surface area (Å²) < 4.78 is 0. The van der Waals surface area contributed by atoms with Crippen LogP contribution in [0.1, 0.15) is 41.6 Å². The van der Waals surface area contributed by atoms with E-state index < -0.39 is 0 Å². The number of aromatic nitrogens is 1. The monoisotopic (exact) mass is 413 g/mol. The molecule has 0 atom stereocenters. The summed E-state index contributed by atoms with van der Waals surface area (Å²) in [6, 6.07) is 8.41. The minimum atomic E-state index is 0.228. The fourth-order valence-electron chi connectivity index (χ4n) is 3.46. The largest absolute Gasteiger partial charge is 0.357 e. The van der Waals surface area contributed by atoms with Crippen LogP contribution < -0.4 is 10.6 Å². The Morgan fingerprint density at radius 3 is 2.86 bits per heavy atom. The Balaban J connectivity index is 1.39. The SMILES string of the molecule is CCNC(=NCCCC(=O)N1CCc2ccccc2C1)NCCc1csc(C)n1. The fourth-order valence-corrected chi connectivity index (χ4v) is 4.11. The second-order valence-electron chi connectivity index (χ2n) is 7.23. The fraction of sp³-hybridized carbons (Fsp3) is 0.500. The number of aliphatic imine (C=N–C) groups is 1. The maximum absolute atomic E-state index is 12.5. The van der Waals surface area contributed by atoms with Crippen LogP contribution in [0.25, 0.3) is 0 Å². The highest BCUT2D eigenvalue weighted by atomic mass is 32.1. The summed E-state index contributed by atoms with van der Waals surface area (Å²) in [6.45, 7) is 7.88. The van der Waals surface area contributed by atoms with E-state index in [4.69, 9.17) is 0 Å². The number of nitrogens with zero attached hydrogens (tertiary/aromatic N) is 3. The highest BCUT2D eigenvalue weighted by Crippen LogP contribution is 2.19. The van der Waals surface area contributed by atoms with Crippen LogP contribution in [-0.2, 0) is 24.2 Å². The highest BCUT2D eigenvalue weighted by molar-refractivity contribution is 7.09. The Labute approximate surface area is 177 Å². The molecule has 0 radical (unpaired) electrons. The molecule has 0 saturated heterocycles. The average molecular weight is 414 g/mol. The van der Waals surface area contributed by atoms with E-state index in [9.17, 15) is 4.79 Å². The van der Waals surface area contributed by atoms with Crippen molar-refractivity contribution in [3.05, 3.63) is 51.5 Å². The van der Waals surface area contributed by atoms with Crippen LogP contribution >= 0.6 is 11.3 Å². The van der Waals surface area contributed by atoms with Gasteiger partial charge < -0.3 is 15.5 Å². The molecule has 0 aliphatic carbocycles. The molecule has 0 unspecified atom stereocenters. The molecule has 156 valence electrons. The third-order valence-corrected chi connectivity index (χ3v) is 5.81. The van der Waals surface area contributed by atoms with E-state index in [1.165, 1.54) is 11.1 Å². The number of carbonyl (C=O) groups is 1. The van der Waals surface area contributed by atoms with E-state index in [2.05, 4.69) is 51.1 Å². The number of aryl methyl sites for hydroxylation is 1. The van der Waals surface area contributed by atoms with E-state index in [1.54, 1.807) is 11.3 Å². The molecule has 0 fully saturated rings. The standard InChI is InChI=1S/C22H31N5OS/c1-3-23-22(25-13-10-20-16-29-17(2)26-20)24-12-6-9-21(28)27-14-11-18-7-4-5-8-19(18)15-27/h4-5,7-8,16H,3,6,9-15H2,1-2H3,(H2,23,24,25). The van der Waals surface area contributed by atoms with Gasteiger partial charge in [-0.2, -0.15) is 0 Å². The van der Waals surface area contributed by atoms with Gasteiger partial charge in [-0.15, -0.1) is 11.3 Å². The average Bonchev–Trinajstić information content (AvgIpc) is 3.15. The minimum Gasteiger partial charge on any atom is -0.357 e. The molecule has 2 aromatic rings. The molecular formula is C22H31N5OS. The number of nitrogens with one attached hydrogen (secondary N) is 2. The van der Waals surface area contributed by atoms with E-state index >= 15 is 0 Å². The summed E-state index contributed by atoms with van der Waals surface area (Å²) >= 11 is 1.68. The molecule has 1 aromatic heterocycles. The number of amides is 1. The lowest BCUT2D eigenvalue weighted by Gasteiger charge is -2.28. The second kappa shape index (κ2) is 11.0. The molecule has 1 aliphatic rings. The van der Waals surface area contributed by atoms with Crippen LogP contribution in [-0.4, -0.2) is 47.9 Å². The zero-order valence-corrected chi connectivity index (χ0v) is 18.2. The third kappa shape index (κ3) is 6.56. The van der Waals surface area contributed by atoms with Crippen LogP contribution in [0.15, 0.2) is 34.6 Å². The normalized spacial score (nSPS) is 13.9. The number of fused-ring (bicyclic) bond motifs is 1. The van der Waals surface area contributed by atoms with Crippen LogP contribution in [0.4, 0.5) is 0 Å². The molecule has 29 heavy (non-hydrogen) atoms. The molecular weight excluding hydrogens is 382 g/mol. The van der Waals surface area contributed by atoms with Gasteiger partial charge in [-0.3, -0.25) is 9.79 Å². The molecule has 7 heteroatoms. The molecule has 6 nitrogen and oxygen atoms in total. The molecule has 2 N–H and O–H groups in total. The van der Waals surface area contributed by atoms with Crippen molar-refractivity contribution in [2.75, 3.05) is 26.2 Å². The first-order valence-corrected chi connectivity index (χ1v) is 11.3. The molecule has 2 heterocycles. The van der Waals surface area contributed by atoms with Crippen molar-refractivity contribution in [1.82, 2.24) is 20.5 Å². The van der Waals surface area contributed by atoms with Crippen molar-refractivity contribution in [3.8, 4) is 0 Å².